The molecule has 0 N–H and O–H groups in total. The van der Waals surface area contributed by atoms with Crippen LogP contribution in [-0.2, 0) is 0 Å². The van der Waals surface area contributed by atoms with Gasteiger partial charge < -0.3 is 4.74 Å². The van der Waals surface area contributed by atoms with Crippen molar-refractivity contribution in [3.8, 4) is 28.1 Å². The summed E-state index contributed by atoms with van der Waals surface area (Å²) in [4.78, 5) is 4.87. The first-order chi connectivity index (χ1) is 12.2. The van der Waals surface area contributed by atoms with Crippen LogP contribution in [0.4, 0.5) is 0 Å². The summed E-state index contributed by atoms with van der Waals surface area (Å²) in [5.74, 6) is 0.837. The average Bonchev–Trinajstić information content (AvgIpc) is 2.68. The number of fused-ring (bicyclic) bond motifs is 1. The molecule has 122 valence electrons. The first kappa shape index (κ1) is 15.4. The second-order valence-electron chi connectivity index (χ2n) is 6.17. The number of benzene rings is 3. The molecule has 1 aromatic heterocycles. The van der Waals surface area contributed by atoms with E-state index in [4.69, 9.17) is 9.72 Å². The molecule has 2 heteroatoms. The molecular formula is C23H19NO. The summed E-state index contributed by atoms with van der Waals surface area (Å²) >= 11 is 0. The number of nitrogens with zero attached hydrogens (tertiary/aromatic N) is 1. The van der Waals surface area contributed by atoms with E-state index in [1.165, 1.54) is 16.7 Å². The van der Waals surface area contributed by atoms with Crippen molar-refractivity contribution >= 4 is 10.9 Å². The Kier molecular flexibility index (Phi) is 3.95. The van der Waals surface area contributed by atoms with Crippen molar-refractivity contribution in [3.05, 3.63) is 84.4 Å². The van der Waals surface area contributed by atoms with Gasteiger partial charge in [0.2, 0.25) is 0 Å². The number of ether oxygens (including phenoxy) is 1. The van der Waals surface area contributed by atoms with Crippen molar-refractivity contribution in [2.24, 2.45) is 0 Å². The Balaban J connectivity index is 1.96. The Hall–Kier alpha value is -3.13. The highest BCUT2D eigenvalue weighted by atomic mass is 16.5. The summed E-state index contributed by atoms with van der Waals surface area (Å²) in [5.41, 5.74) is 6.66. The molecule has 0 fully saturated rings. The van der Waals surface area contributed by atoms with Gasteiger partial charge in [0.15, 0.2) is 0 Å². The lowest BCUT2D eigenvalue weighted by molar-refractivity contribution is 0.415. The topological polar surface area (TPSA) is 22.1 Å². The van der Waals surface area contributed by atoms with Gasteiger partial charge in [-0.1, -0.05) is 60.2 Å². The molecule has 0 atom stereocenters. The van der Waals surface area contributed by atoms with Gasteiger partial charge in [-0.3, -0.25) is 0 Å². The zero-order chi connectivity index (χ0) is 17.2. The second kappa shape index (κ2) is 6.40. The van der Waals surface area contributed by atoms with Gasteiger partial charge in [0.25, 0.3) is 0 Å². The normalized spacial score (nSPS) is 10.8. The first-order valence-electron chi connectivity index (χ1n) is 8.36. The van der Waals surface area contributed by atoms with Crippen molar-refractivity contribution in [3.63, 3.8) is 0 Å². The van der Waals surface area contributed by atoms with E-state index >= 15 is 0 Å². The van der Waals surface area contributed by atoms with Gasteiger partial charge in [0.1, 0.15) is 5.75 Å². The molecule has 4 aromatic rings. The summed E-state index contributed by atoms with van der Waals surface area (Å²) in [6.45, 7) is 2.11. The van der Waals surface area contributed by atoms with Crippen LogP contribution in [0.5, 0.6) is 5.75 Å². The predicted octanol–water partition coefficient (Wildman–Crippen LogP) is 5.89. The van der Waals surface area contributed by atoms with Crippen molar-refractivity contribution < 1.29 is 4.74 Å². The van der Waals surface area contributed by atoms with E-state index in [1.807, 2.05) is 24.3 Å². The first-order valence-corrected chi connectivity index (χ1v) is 8.36. The number of hydrogen-bond acceptors (Lipinski definition) is 2. The molecule has 0 amide bonds. The number of methoxy groups -OCH3 is 1. The van der Waals surface area contributed by atoms with Gasteiger partial charge in [-0.25, -0.2) is 4.98 Å². The lowest BCUT2D eigenvalue weighted by Gasteiger charge is -2.11. The van der Waals surface area contributed by atoms with E-state index in [0.717, 1.165) is 27.9 Å². The molecule has 0 saturated carbocycles. The summed E-state index contributed by atoms with van der Waals surface area (Å²) in [6, 6.07) is 27.1. The molecule has 0 bridgehead atoms. The zero-order valence-corrected chi connectivity index (χ0v) is 14.4. The number of hydrogen-bond donors (Lipinski definition) is 0. The molecule has 0 aliphatic carbocycles. The maximum atomic E-state index is 5.36. The zero-order valence-electron chi connectivity index (χ0n) is 14.4. The molecule has 0 spiro atoms. The van der Waals surface area contributed by atoms with Crippen molar-refractivity contribution in [1.82, 2.24) is 4.98 Å². The molecule has 1 heterocycles. The van der Waals surface area contributed by atoms with Gasteiger partial charge >= 0.3 is 0 Å². The highest BCUT2D eigenvalue weighted by Gasteiger charge is 2.10. The summed E-state index contributed by atoms with van der Waals surface area (Å²) in [6.07, 6.45) is 0. The van der Waals surface area contributed by atoms with E-state index in [0.29, 0.717) is 0 Å². The van der Waals surface area contributed by atoms with E-state index in [9.17, 15) is 0 Å². The van der Waals surface area contributed by atoms with Gasteiger partial charge in [-0.15, -0.1) is 0 Å². The lowest BCUT2D eigenvalue weighted by Crippen LogP contribution is -1.91. The third kappa shape index (κ3) is 2.99. The molecule has 0 unspecified atom stereocenters. The van der Waals surface area contributed by atoms with Crippen molar-refractivity contribution in [1.29, 1.82) is 0 Å². The van der Waals surface area contributed by atoms with Gasteiger partial charge in [-0.2, -0.15) is 0 Å². The minimum absolute atomic E-state index is 0.837. The third-order valence-corrected chi connectivity index (χ3v) is 4.44. The minimum atomic E-state index is 0.837. The van der Waals surface area contributed by atoms with Gasteiger partial charge in [-0.05, 0) is 42.3 Å². The smallest absolute Gasteiger partial charge is 0.119 e. The Morgan fingerprint density at radius 2 is 1.56 bits per heavy atom. The van der Waals surface area contributed by atoms with Crippen LogP contribution in [0.3, 0.4) is 0 Å². The van der Waals surface area contributed by atoms with Crippen LogP contribution >= 0.6 is 0 Å². The molecule has 25 heavy (non-hydrogen) atoms. The standard InChI is InChI=1S/C23H19NO/c1-16-10-12-17(13-11-16)21-15-23(18-6-5-7-19(14-18)25-2)24-22-9-4-3-8-20(21)22/h3-15H,1-2H3. The SMILES string of the molecule is COc1cccc(-c2cc(-c3ccc(C)cc3)c3ccccc3n2)c1. The highest BCUT2D eigenvalue weighted by molar-refractivity contribution is 5.96. The predicted molar refractivity (Wildman–Crippen MR) is 104 cm³/mol. The van der Waals surface area contributed by atoms with Crippen molar-refractivity contribution in [2.45, 2.75) is 6.92 Å². The highest BCUT2D eigenvalue weighted by Crippen LogP contribution is 2.33. The monoisotopic (exact) mass is 325 g/mol. The number of para-hydroxylation sites is 1. The maximum absolute atomic E-state index is 5.36. The van der Waals surface area contributed by atoms with E-state index in [-0.39, 0.29) is 0 Å². The minimum Gasteiger partial charge on any atom is -0.497 e. The van der Waals surface area contributed by atoms with Crippen LogP contribution in [-0.4, -0.2) is 12.1 Å². The van der Waals surface area contributed by atoms with Crippen LogP contribution in [0.2, 0.25) is 0 Å². The Morgan fingerprint density at radius 1 is 0.760 bits per heavy atom. The summed E-state index contributed by atoms with van der Waals surface area (Å²) in [5, 5.41) is 1.16. The summed E-state index contributed by atoms with van der Waals surface area (Å²) < 4.78 is 5.36. The molecule has 4 rings (SSSR count). The van der Waals surface area contributed by atoms with Crippen molar-refractivity contribution in [2.75, 3.05) is 7.11 Å². The van der Waals surface area contributed by atoms with Gasteiger partial charge in [0, 0.05) is 10.9 Å². The maximum Gasteiger partial charge on any atom is 0.119 e. The molecule has 2 nitrogen and oxygen atoms in total. The molecule has 0 aliphatic heterocycles. The number of rotatable bonds is 3. The Labute approximate surface area is 147 Å². The third-order valence-electron chi connectivity index (χ3n) is 4.44. The fourth-order valence-electron chi connectivity index (χ4n) is 3.08. The molecule has 0 aliphatic rings. The van der Waals surface area contributed by atoms with Crippen LogP contribution < -0.4 is 4.74 Å². The van der Waals surface area contributed by atoms with Gasteiger partial charge in [0.05, 0.1) is 18.3 Å². The molecule has 3 aromatic carbocycles. The average molecular weight is 325 g/mol. The Morgan fingerprint density at radius 3 is 2.36 bits per heavy atom. The quantitative estimate of drug-likeness (QED) is 0.469. The number of pyridine rings is 1. The van der Waals surface area contributed by atoms with Crippen LogP contribution in [0.15, 0.2) is 78.9 Å². The Bertz CT molecular complexity index is 1040. The van der Waals surface area contributed by atoms with E-state index < -0.39 is 0 Å². The molecule has 0 saturated heterocycles. The fourth-order valence-corrected chi connectivity index (χ4v) is 3.08. The second-order valence-corrected chi connectivity index (χ2v) is 6.17. The van der Waals surface area contributed by atoms with E-state index in [1.54, 1.807) is 7.11 Å². The van der Waals surface area contributed by atoms with Crippen LogP contribution in [0.1, 0.15) is 5.56 Å². The largest absolute Gasteiger partial charge is 0.497 e. The van der Waals surface area contributed by atoms with Crippen LogP contribution in [0.25, 0.3) is 33.3 Å². The fraction of sp³-hybridized carbons (Fsp3) is 0.0870. The number of aromatic nitrogens is 1. The van der Waals surface area contributed by atoms with E-state index in [2.05, 4.69) is 61.5 Å². The summed E-state index contributed by atoms with van der Waals surface area (Å²) in [7, 11) is 1.69. The number of aryl methyl sites for hydroxylation is 1. The molecular weight excluding hydrogens is 306 g/mol. The van der Waals surface area contributed by atoms with Crippen LogP contribution in [0, 0.1) is 6.92 Å². The molecule has 0 radical (unpaired) electrons. The lowest BCUT2D eigenvalue weighted by atomic mass is 9.97.